The molecule has 0 saturated heterocycles. The number of ether oxygens (including phenoxy) is 1. The summed E-state index contributed by atoms with van der Waals surface area (Å²) in [5.41, 5.74) is 4.54. The number of halogens is 2. The van der Waals surface area contributed by atoms with Gasteiger partial charge in [-0.1, -0.05) is 18.2 Å². The van der Waals surface area contributed by atoms with Gasteiger partial charge in [0.2, 0.25) is 0 Å². The van der Waals surface area contributed by atoms with Crippen molar-refractivity contribution in [2.45, 2.75) is 19.5 Å². The first kappa shape index (κ1) is 22.2. The lowest BCUT2D eigenvalue weighted by atomic mass is 10.0. The number of imidazole rings is 1. The first-order chi connectivity index (χ1) is 16.9. The van der Waals surface area contributed by atoms with E-state index in [0.29, 0.717) is 38.8 Å². The van der Waals surface area contributed by atoms with Crippen molar-refractivity contribution in [3.05, 3.63) is 83.2 Å². The molecule has 0 amide bonds. The van der Waals surface area contributed by atoms with E-state index in [0.717, 1.165) is 5.56 Å². The van der Waals surface area contributed by atoms with E-state index in [1.54, 1.807) is 24.0 Å². The van der Waals surface area contributed by atoms with Gasteiger partial charge in [-0.3, -0.25) is 19.1 Å². The van der Waals surface area contributed by atoms with Gasteiger partial charge in [0.1, 0.15) is 5.75 Å². The second kappa shape index (κ2) is 8.65. The summed E-state index contributed by atoms with van der Waals surface area (Å²) < 4.78 is 33.0. The molecule has 1 atom stereocenters. The molecule has 0 spiro atoms. The summed E-state index contributed by atoms with van der Waals surface area (Å²) in [7, 11) is 1.68. The van der Waals surface area contributed by atoms with E-state index in [2.05, 4.69) is 20.8 Å². The van der Waals surface area contributed by atoms with E-state index in [-0.39, 0.29) is 17.4 Å². The second-order valence-electron chi connectivity index (χ2n) is 8.13. The minimum atomic E-state index is -2.95. The van der Waals surface area contributed by atoms with Crippen LogP contribution in [0, 0.1) is 11.3 Å². The van der Waals surface area contributed by atoms with Crippen LogP contribution in [0.2, 0.25) is 0 Å². The fraction of sp³-hybridized carbons (Fsp3) is 0.154. The molecule has 3 aromatic heterocycles. The van der Waals surface area contributed by atoms with Gasteiger partial charge in [-0.05, 0) is 48.4 Å². The molecule has 7 nitrogen and oxygen atoms in total. The van der Waals surface area contributed by atoms with Gasteiger partial charge in [-0.25, -0.2) is 4.79 Å². The summed E-state index contributed by atoms with van der Waals surface area (Å²) >= 11 is 0. The molecule has 0 aliphatic rings. The fourth-order valence-corrected chi connectivity index (χ4v) is 4.15. The van der Waals surface area contributed by atoms with Crippen LogP contribution in [-0.2, 0) is 7.05 Å². The van der Waals surface area contributed by atoms with Crippen LogP contribution in [0.15, 0.2) is 71.9 Å². The van der Waals surface area contributed by atoms with Gasteiger partial charge in [0.15, 0.2) is 0 Å². The summed E-state index contributed by atoms with van der Waals surface area (Å²) in [6.07, 6.45) is 4.43. The van der Waals surface area contributed by atoms with E-state index in [1.807, 2.05) is 49.4 Å². The van der Waals surface area contributed by atoms with Gasteiger partial charge in [0, 0.05) is 24.2 Å². The van der Waals surface area contributed by atoms with E-state index in [9.17, 15) is 18.8 Å². The summed E-state index contributed by atoms with van der Waals surface area (Å²) in [6.45, 7) is -1.13. The molecule has 0 radical (unpaired) electrons. The maximum Gasteiger partial charge on any atom is 0.387 e. The van der Waals surface area contributed by atoms with Crippen molar-refractivity contribution in [3.8, 4) is 28.6 Å². The Balaban J connectivity index is 1.73. The van der Waals surface area contributed by atoms with Crippen LogP contribution in [-0.4, -0.2) is 25.7 Å². The van der Waals surface area contributed by atoms with Crippen LogP contribution in [0.4, 0.5) is 8.78 Å². The van der Waals surface area contributed by atoms with Crippen LogP contribution in [0.5, 0.6) is 5.75 Å². The quantitative estimate of drug-likeness (QED) is 0.353. The van der Waals surface area contributed by atoms with E-state index >= 15 is 0 Å². The Labute approximate surface area is 198 Å². The lowest BCUT2D eigenvalue weighted by Crippen LogP contribution is -2.20. The molecule has 0 bridgehead atoms. The van der Waals surface area contributed by atoms with Crippen LogP contribution in [0.1, 0.15) is 18.4 Å². The third-order valence-electron chi connectivity index (χ3n) is 6.00. The smallest absolute Gasteiger partial charge is 0.387 e. The maximum atomic E-state index is 13.3. The highest BCUT2D eigenvalue weighted by atomic mass is 19.3. The van der Waals surface area contributed by atoms with Crippen LogP contribution in [0.25, 0.3) is 38.8 Å². The Kier molecular flexibility index (Phi) is 5.49. The predicted molar refractivity (Wildman–Crippen MR) is 128 cm³/mol. The number of pyridine rings is 2. The molecule has 35 heavy (non-hydrogen) atoms. The Hall–Kier alpha value is -4.58. The van der Waals surface area contributed by atoms with Gasteiger partial charge >= 0.3 is 12.3 Å². The van der Waals surface area contributed by atoms with Crippen molar-refractivity contribution < 1.29 is 13.5 Å². The number of hydrogen-bond donors (Lipinski definition) is 0. The molecule has 0 aliphatic carbocycles. The molecule has 5 aromatic rings. The van der Waals surface area contributed by atoms with Gasteiger partial charge in [-0.15, -0.1) is 0 Å². The number of aryl methyl sites for hydroxylation is 1. The first-order valence-electron chi connectivity index (χ1n) is 10.8. The summed E-state index contributed by atoms with van der Waals surface area (Å²) in [5.74, 6) is -0.309. The number of rotatable bonds is 5. The highest BCUT2D eigenvalue weighted by Gasteiger charge is 2.17. The number of alkyl halides is 2. The van der Waals surface area contributed by atoms with E-state index in [4.69, 9.17) is 0 Å². The second-order valence-corrected chi connectivity index (χ2v) is 8.13. The van der Waals surface area contributed by atoms with Gasteiger partial charge in [0.05, 0.1) is 46.6 Å². The van der Waals surface area contributed by atoms with Crippen LogP contribution < -0.4 is 10.4 Å². The standard InChI is InChI=1S/C26H19F2N5O2/c1-15(11-29)16-3-6-19(7-4-16)33-24-21-10-17(18-9-20(13-30-12-18)35-25(27)28)5-8-22(21)31-14-23(24)32(2)26(33)34/h3-10,12-15,25H,1-2H3. The number of hydrogen-bond acceptors (Lipinski definition) is 5. The summed E-state index contributed by atoms with van der Waals surface area (Å²) in [5, 5.41) is 9.91. The molecule has 2 aromatic carbocycles. The topological polar surface area (TPSA) is 85.7 Å². The van der Waals surface area contributed by atoms with Crippen molar-refractivity contribution in [1.82, 2.24) is 19.1 Å². The van der Waals surface area contributed by atoms with Crippen molar-refractivity contribution in [2.75, 3.05) is 0 Å². The summed E-state index contributed by atoms with van der Waals surface area (Å²) in [6, 6.07) is 16.5. The van der Waals surface area contributed by atoms with Crippen LogP contribution in [0.3, 0.4) is 0 Å². The monoisotopic (exact) mass is 471 g/mol. The third-order valence-corrected chi connectivity index (χ3v) is 6.00. The van der Waals surface area contributed by atoms with Crippen molar-refractivity contribution >= 4 is 21.9 Å². The zero-order valence-electron chi connectivity index (χ0n) is 18.8. The van der Waals surface area contributed by atoms with E-state index in [1.165, 1.54) is 16.8 Å². The van der Waals surface area contributed by atoms with Gasteiger partial charge in [0.25, 0.3) is 0 Å². The first-order valence-corrected chi connectivity index (χ1v) is 10.8. The highest BCUT2D eigenvalue weighted by molar-refractivity contribution is 6.04. The number of nitrogens with zero attached hydrogens (tertiary/aromatic N) is 5. The lowest BCUT2D eigenvalue weighted by molar-refractivity contribution is -0.0500. The lowest BCUT2D eigenvalue weighted by Gasteiger charge is -2.10. The molecule has 3 heterocycles. The van der Waals surface area contributed by atoms with Gasteiger partial charge in [-0.2, -0.15) is 14.0 Å². The van der Waals surface area contributed by atoms with Crippen molar-refractivity contribution in [3.63, 3.8) is 0 Å². The molecule has 0 aliphatic heterocycles. The largest absolute Gasteiger partial charge is 0.433 e. The van der Waals surface area contributed by atoms with Crippen LogP contribution >= 0.6 is 0 Å². The zero-order valence-corrected chi connectivity index (χ0v) is 18.8. The molecule has 0 N–H and O–H groups in total. The Morgan fingerprint density at radius 1 is 1.03 bits per heavy atom. The number of fused-ring (bicyclic) bond motifs is 3. The Morgan fingerprint density at radius 2 is 1.80 bits per heavy atom. The van der Waals surface area contributed by atoms with Gasteiger partial charge < -0.3 is 4.74 Å². The highest BCUT2D eigenvalue weighted by Crippen LogP contribution is 2.31. The molecule has 0 saturated carbocycles. The molecular formula is C26H19F2N5O2. The zero-order chi connectivity index (χ0) is 24.7. The molecule has 5 rings (SSSR count). The Morgan fingerprint density at radius 3 is 2.51 bits per heavy atom. The predicted octanol–water partition coefficient (Wildman–Crippen LogP) is 5.17. The SMILES string of the molecule is CC(C#N)c1ccc(-n2c(=O)n(C)c3cnc4ccc(-c5cncc(OC(F)F)c5)cc4c32)cc1. The minimum absolute atomic E-state index is 0.0442. The average molecular weight is 471 g/mol. The molecule has 174 valence electrons. The molecule has 1 unspecified atom stereocenters. The Bertz CT molecular complexity index is 1670. The number of aromatic nitrogens is 4. The maximum absolute atomic E-state index is 13.3. The minimum Gasteiger partial charge on any atom is -0.433 e. The van der Waals surface area contributed by atoms with E-state index < -0.39 is 6.61 Å². The molecule has 9 heteroatoms. The average Bonchev–Trinajstić information content (AvgIpc) is 3.13. The number of benzene rings is 2. The molecular weight excluding hydrogens is 452 g/mol. The number of nitriles is 1. The third kappa shape index (κ3) is 3.89. The summed E-state index contributed by atoms with van der Waals surface area (Å²) in [4.78, 5) is 21.8. The van der Waals surface area contributed by atoms with Crippen molar-refractivity contribution in [1.29, 1.82) is 5.26 Å². The normalized spacial score (nSPS) is 12.2. The van der Waals surface area contributed by atoms with Crippen molar-refractivity contribution in [2.24, 2.45) is 7.05 Å². The fourth-order valence-electron chi connectivity index (χ4n) is 4.15. The molecule has 0 fully saturated rings.